The van der Waals surface area contributed by atoms with E-state index in [0.717, 1.165) is 39.9 Å². The van der Waals surface area contributed by atoms with Crippen molar-refractivity contribution in [1.29, 1.82) is 0 Å². The molecule has 0 bridgehead atoms. The third-order valence-corrected chi connectivity index (χ3v) is 7.19. The summed E-state index contributed by atoms with van der Waals surface area (Å²) in [5.41, 5.74) is 5.67. The second-order valence-electron chi connectivity index (χ2n) is 9.26. The average molecular weight is 491 g/mol. The summed E-state index contributed by atoms with van der Waals surface area (Å²) in [4.78, 5) is 17.3. The van der Waals surface area contributed by atoms with Gasteiger partial charge in [0.2, 0.25) is 0 Å². The molecule has 2 heterocycles. The molecule has 0 saturated carbocycles. The summed E-state index contributed by atoms with van der Waals surface area (Å²) < 4.78 is 27.6. The number of anilines is 2. The van der Waals surface area contributed by atoms with Gasteiger partial charge in [0, 0.05) is 23.8 Å². The minimum Gasteiger partial charge on any atom is -0.340 e. The van der Waals surface area contributed by atoms with E-state index in [9.17, 15) is 13.6 Å². The highest BCUT2D eigenvalue weighted by Gasteiger charge is 2.41. The lowest BCUT2D eigenvalue weighted by molar-refractivity contribution is -0.112. The highest BCUT2D eigenvalue weighted by Crippen LogP contribution is 2.47. The molecule has 4 aromatic rings. The molecule has 5 heteroatoms. The first kappa shape index (κ1) is 22.9. The molecule has 0 fully saturated rings. The Labute approximate surface area is 214 Å². The van der Waals surface area contributed by atoms with Crippen molar-refractivity contribution in [3.8, 4) is 0 Å². The molecular weight excluding hydrogens is 466 g/mol. The summed E-state index contributed by atoms with van der Waals surface area (Å²) in [6.45, 7) is 0. The quantitative estimate of drug-likeness (QED) is 0.270. The molecule has 4 aromatic carbocycles. The second kappa shape index (κ2) is 9.51. The van der Waals surface area contributed by atoms with Crippen molar-refractivity contribution in [3.63, 3.8) is 0 Å². The van der Waals surface area contributed by atoms with Crippen LogP contribution >= 0.6 is 0 Å². The van der Waals surface area contributed by atoms with Gasteiger partial charge in [-0.2, -0.15) is 0 Å². The lowest BCUT2D eigenvalue weighted by Crippen LogP contribution is -2.42. The van der Waals surface area contributed by atoms with Crippen LogP contribution in [-0.4, -0.2) is 6.29 Å². The van der Waals surface area contributed by atoms with Crippen molar-refractivity contribution in [3.05, 3.63) is 143 Å². The van der Waals surface area contributed by atoms with Crippen LogP contribution < -0.4 is 9.80 Å². The zero-order chi connectivity index (χ0) is 25.4. The minimum atomic E-state index is -0.535. The molecule has 0 N–H and O–H groups in total. The predicted octanol–water partition coefficient (Wildman–Crippen LogP) is 7.54. The summed E-state index contributed by atoms with van der Waals surface area (Å²) in [6.07, 6.45) is 8.98. The van der Waals surface area contributed by atoms with Crippen LogP contribution in [0, 0.1) is 17.6 Å². The lowest BCUT2D eigenvalue weighted by Gasteiger charge is -2.45. The van der Waals surface area contributed by atoms with Crippen LogP contribution in [0.5, 0.6) is 0 Å². The fourth-order valence-corrected chi connectivity index (χ4v) is 5.50. The van der Waals surface area contributed by atoms with Gasteiger partial charge in [-0.05, 0) is 82.9 Å². The summed E-state index contributed by atoms with van der Waals surface area (Å²) in [6, 6.07) is 28.0. The second-order valence-corrected chi connectivity index (χ2v) is 9.26. The van der Waals surface area contributed by atoms with Crippen molar-refractivity contribution in [2.75, 3.05) is 9.80 Å². The maximum absolute atomic E-state index is 13.8. The Morgan fingerprint density at radius 3 is 1.41 bits per heavy atom. The molecule has 182 valence electrons. The Hall–Kier alpha value is -4.51. The summed E-state index contributed by atoms with van der Waals surface area (Å²) in [5.74, 6) is -1.17. The van der Waals surface area contributed by atoms with E-state index in [2.05, 4.69) is 0 Å². The van der Waals surface area contributed by atoms with Gasteiger partial charge in [0.25, 0.3) is 0 Å². The number of hydrogen-bond acceptors (Lipinski definition) is 3. The number of fused-ring (bicyclic) bond motifs is 2. The van der Waals surface area contributed by atoms with E-state index in [1.165, 1.54) is 24.3 Å². The van der Waals surface area contributed by atoms with Crippen LogP contribution in [0.25, 0.3) is 12.2 Å². The van der Waals surface area contributed by atoms with Crippen LogP contribution in [0.3, 0.4) is 0 Å². The summed E-state index contributed by atoms with van der Waals surface area (Å²) in [7, 11) is 0. The number of carbonyl (C=O) groups is 1. The molecule has 37 heavy (non-hydrogen) atoms. The molecular formula is C32H24F2N2O. The Bertz CT molecular complexity index is 1380. The molecule has 2 atom stereocenters. The molecule has 0 aromatic heterocycles. The number of nitrogens with zero attached hydrogens (tertiary/aromatic N) is 2. The van der Waals surface area contributed by atoms with E-state index >= 15 is 0 Å². The van der Waals surface area contributed by atoms with E-state index in [-0.39, 0.29) is 23.7 Å². The molecule has 2 aliphatic rings. The number of hydrogen-bond donors (Lipinski definition) is 0. The van der Waals surface area contributed by atoms with Gasteiger partial charge in [-0.3, -0.25) is 0 Å². The van der Waals surface area contributed by atoms with Gasteiger partial charge in [-0.1, -0.05) is 48.5 Å². The van der Waals surface area contributed by atoms with Gasteiger partial charge in [-0.25, -0.2) is 8.78 Å². The van der Waals surface area contributed by atoms with Crippen LogP contribution in [0.15, 0.2) is 109 Å². The molecule has 0 amide bonds. The van der Waals surface area contributed by atoms with E-state index in [0.29, 0.717) is 0 Å². The van der Waals surface area contributed by atoms with Crippen molar-refractivity contribution in [2.45, 2.75) is 12.1 Å². The molecule has 0 spiro atoms. The number of rotatable bonds is 5. The number of aldehydes is 1. The van der Waals surface area contributed by atoms with E-state index in [1.54, 1.807) is 24.3 Å². The van der Waals surface area contributed by atoms with Gasteiger partial charge in [0.1, 0.15) is 17.9 Å². The third-order valence-electron chi connectivity index (χ3n) is 7.19. The first-order valence-electron chi connectivity index (χ1n) is 12.2. The Morgan fingerprint density at radius 2 is 1.00 bits per heavy atom. The largest absolute Gasteiger partial charge is 0.340 e. The smallest absolute Gasteiger partial charge is 0.127 e. The van der Waals surface area contributed by atoms with Crippen molar-refractivity contribution in [1.82, 2.24) is 0 Å². The molecule has 2 aliphatic heterocycles. The van der Waals surface area contributed by atoms with Crippen molar-refractivity contribution < 1.29 is 13.6 Å². The van der Waals surface area contributed by atoms with E-state index < -0.39 is 5.92 Å². The summed E-state index contributed by atoms with van der Waals surface area (Å²) in [5, 5.41) is 0. The standard InChI is InChI=1S/C32H24F2N2O/c33-24-9-13-26(14-10-24)35-19-17-22-5-1-3-7-28(22)31(35)30(21-37)32-29-8-4-2-6-23(29)18-20-36(32)27-15-11-25(34)12-16-27/h1-21,30-32H. The van der Waals surface area contributed by atoms with Gasteiger partial charge in [-0.15, -0.1) is 0 Å². The van der Waals surface area contributed by atoms with Crippen LogP contribution in [0.2, 0.25) is 0 Å². The van der Waals surface area contributed by atoms with Gasteiger partial charge in [0.05, 0.1) is 18.0 Å². The first-order valence-corrected chi connectivity index (χ1v) is 12.2. The Kier molecular flexibility index (Phi) is 5.89. The van der Waals surface area contributed by atoms with Crippen molar-refractivity contribution in [2.24, 2.45) is 5.92 Å². The van der Waals surface area contributed by atoms with Crippen LogP contribution in [-0.2, 0) is 4.79 Å². The average Bonchev–Trinajstić information content (AvgIpc) is 2.94. The van der Waals surface area contributed by atoms with Gasteiger partial charge in [0.15, 0.2) is 0 Å². The number of carbonyl (C=O) groups excluding carboxylic acids is 1. The fourth-order valence-electron chi connectivity index (χ4n) is 5.50. The highest BCUT2D eigenvalue weighted by atomic mass is 19.1. The molecule has 6 rings (SSSR count). The van der Waals surface area contributed by atoms with Crippen LogP contribution in [0.1, 0.15) is 34.3 Å². The lowest BCUT2D eigenvalue weighted by atomic mass is 9.78. The maximum atomic E-state index is 13.8. The van der Waals surface area contributed by atoms with Crippen LogP contribution in [0.4, 0.5) is 20.2 Å². The monoisotopic (exact) mass is 490 g/mol. The normalized spacial score (nSPS) is 18.8. The fraction of sp³-hybridized carbons (Fsp3) is 0.0938. The number of benzene rings is 4. The molecule has 2 unspecified atom stereocenters. The predicted molar refractivity (Wildman–Crippen MR) is 144 cm³/mol. The molecule has 0 radical (unpaired) electrons. The van der Waals surface area contributed by atoms with Gasteiger partial charge >= 0.3 is 0 Å². The van der Waals surface area contributed by atoms with Gasteiger partial charge < -0.3 is 14.6 Å². The first-order chi connectivity index (χ1) is 18.1. The topological polar surface area (TPSA) is 23.6 Å². The Balaban J connectivity index is 1.53. The molecule has 3 nitrogen and oxygen atoms in total. The van der Waals surface area contributed by atoms with Crippen molar-refractivity contribution >= 4 is 29.8 Å². The zero-order valence-electron chi connectivity index (χ0n) is 19.9. The zero-order valence-corrected chi connectivity index (χ0v) is 19.9. The maximum Gasteiger partial charge on any atom is 0.127 e. The summed E-state index contributed by atoms with van der Waals surface area (Å²) >= 11 is 0. The minimum absolute atomic E-state index is 0.317. The van der Waals surface area contributed by atoms with E-state index in [4.69, 9.17) is 0 Å². The SMILES string of the molecule is O=CC(C1c2ccccc2C=CN1c1ccc(F)cc1)C1c2ccccc2C=CN1c1ccc(F)cc1. The Morgan fingerprint density at radius 1 is 0.595 bits per heavy atom. The third kappa shape index (κ3) is 4.12. The number of halogens is 2. The highest BCUT2D eigenvalue weighted by molar-refractivity contribution is 5.74. The molecule has 0 saturated heterocycles. The van der Waals surface area contributed by atoms with E-state index in [1.807, 2.05) is 82.9 Å². The molecule has 0 aliphatic carbocycles.